The molecule has 3 aromatic rings. The van der Waals surface area contributed by atoms with Crippen LogP contribution in [0.4, 0.5) is 5.69 Å². The van der Waals surface area contributed by atoms with Crippen LogP contribution in [-0.2, 0) is 11.3 Å². The Morgan fingerprint density at radius 2 is 2.19 bits per heavy atom. The molecule has 136 valence electrons. The van der Waals surface area contributed by atoms with Gasteiger partial charge in [-0.3, -0.25) is 14.2 Å². The summed E-state index contributed by atoms with van der Waals surface area (Å²) in [5.74, 6) is -0.118. The second-order valence-electron chi connectivity index (χ2n) is 5.59. The van der Waals surface area contributed by atoms with Crippen LogP contribution in [0, 0.1) is 13.8 Å². The van der Waals surface area contributed by atoms with E-state index in [2.05, 4.69) is 15.3 Å². The van der Waals surface area contributed by atoms with Crippen LogP contribution in [0.3, 0.4) is 0 Å². The van der Waals surface area contributed by atoms with Crippen molar-refractivity contribution in [2.24, 2.45) is 0 Å². The van der Waals surface area contributed by atoms with Gasteiger partial charge in [-0.25, -0.2) is 9.97 Å². The number of carbonyl (C=O) groups excluding carboxylic acids is 1. The summed E-state index contributed by atoms with van der Waals surface area (Å²) in [6, 6.07) is 3.38. The Bertz CT molecular complexity index is 1050. The number of amides is 1. The first kappa shape index (κ1) is 18.9. The summed E-state index contributed by atoms with van der Waals surface area (Å²) in [5.41, 5.74) is 1.38. The fraction of sp³-hybridized carbons (Fsp3) is 0.294. The van der Waals surface area contributed by atoms with Gasteiger partial charge in [-0.1, -0.05) is 23.4 Å². The van der Waals surface area contributed by atoms with Crippen LogP contribution in [0.15, 0.2) is 28.3 Å². The molecule has 26 heavy (non-hydrogen) atoms. The highest BCUT2D eigenvalue weighted by Gasteiger charge is 2.17. The average molecular weight is 409 g/mol. The Kier molecular flexibility index (Phi) is 5.64. The van der Waals surface area contributed by atoms with Gasteiger partial charge in [0.25, 0.3) is 5.56 Å². The lowest BCUT2D eigenvalue weighted by Crippen LogP contribution is -2.23. The van der Waals surface area contributed by atoms with Crippen molar-refractivity contribution in [1.29, 1.82) is 0 Å². The molecule has 0 fully saturated rings. The number of thioether (sulfide) groups is 1. The second-order valence-corrected chi connectivity index (χ2v) is 8.09. The molecule has 0 aliphatic carbocycles. The van der Waals surface area contributed by atoms with Crippen LogP contribution in [0.5, 0.6) is 0 Å². The lowest BCUT2D eigenvalue weighted by atomic mass is 10.2. The summed E-state index contributed by atoms with van der Waals surface area (Å²) in [6.07, 6.45) is 1.55. The van der Waals surface area contributed by atoms with Gasteiger partial charge < -0.3 is 5.32 Å². The summed E-state index contributed by atoms with van der Waals surface area (Å²) in [7, 11) is 0. The fourth-order valence-electron chi connectivity index (χ4n) is 2.49. The zero-order valence-corrected chi connectivity index (χ0v) is 16.9. The van der Waals surface area contributed by atoms with Crippen molar-refractivity contribution in [1.82, 2.24) is 14.5 Å². The van der Waals surface area contributed by atoms with Gasteiger partial charge in [0.2, 0.25) is 5.91 Å². The van der Waals surface area contributed by atoms with Crippen molar-refractivity contribution < 1.29 is 4.79 Å². The van der Waals surface area contributed by atoms with Gasteiger partial charge in [-0.15, -0.1) is 11.3 Å². The first-order chi connectivity index (χ1) is 12.4. The number of aromatic nitrogens is 3. The van der Waals surface area contributed by atoms with Crippen LogP contribution in [-0.4, -0.2) is 26.2 Å². The van der Waals surface area contributed by atoms with E-state index in [-0.39, 0.29) is 22.4 Å². The van der Waals surface area contributed by atoms with E-state index in [1.54, 1.807) is 22.9 Å². The molecule has 0 unspecified atom stereocenters. The molecule has 0 radical (unpaired) electrons. The van der Waals surface area contributed by atoms with Gasteiger partial charge in [0, 0.05) is 17.6 Å². The number of nitrogens with one attached hydrogen (secondary N) is 1. The number of fused-ring (bicyclic) bond motifs is 1. The van der Waals surface area contributed by atoms with Crippen molar-refractivity contribution in [3.05, 3.63) is 44.3 Å². The molecule has 0 aliphatic heterocycles. The Labute approximate surface area is 163 Å². The highest BCUT2D eigenvalue weighted by molar-refractivity contribution is 7.99. The van der Waals surface area contributed by atoms with E-state index in [0.717, 1.165) is 10.4 Å². The van der Waals surface area contributed by atoms with Gasteiger partial charge in [0.1, 0.15) is 4.83 Å². The summed E-state index contributed by atoms with van der Waals surface area (Å²) < 4.78 is 1.61. The fourth-order valence-corrected chi connectivity index (χ4v) is 4.59. The summed E-state index contributed by atoms with van der Waals surface area (Å²) in [4.78, 5) is 35.3. The molecule has 6 nitrogen and oxygen atoms in total. The van der Waals surface area contributed by atoms with Crippen molar-refractivity contribution >= 4 is 56.5 Å². The minimum atomic E-state index is -0.236. The first-order valence-corrected chi connectivity index (χ1v) is 10.1. The number of hydrogen-bond donors (Lipinski definition) is 1. The van der Waals surface area contributed by atoms with Crippen LogP contribution in [0.2, 0.25) is 5.15 Å². The molecule has 3 aromatic heterocycles. The molecule has 0 aliphatic rings. The largest absolute Gasteiger partial charge is 0.323 e. The zero-order chi connectivity index (χ0) is 18.8. The van der Waals surface area contributed by atoms with Crippen molar-refractivity contribution in [3.63, 3.8) is 0 Å². The number of rotatable bonds is 5. The van der Waals surface area contributed by atoms with Gasteiger partial charge in [0.05, 0.1) is 16.8 Å². The van der Waals surface area contributed by atoms with Gasteiger partial charge in [0.15, 0.2) is 10.3 Å². The molecule has 3 heterocycles. The van der Waals surface area contributed by atoms with E-state index in [1.807, 2.05) is 20.8 Å². The van der Waals surface area contributed by atoms with E-state index < -0.39 is 0 Å². The average Bonchev–Trinajstić information content (AvgIpc) is 2.89. The Hall–Kier alpha value is -1.90. The number of nitrogens with zero attached hydrogens (tertiary/aromatic N) is 3. The van der Waals surface area contributed by atoms with Crippen molar-refractivity contribution in [2.45, 2.75) is 32.5 Å². The number of carbonyl (C=O) groups is 1. The topological polar surface area (TPSA) is 76.9 Å². The lowest BCUT2D eigenvalue weighted by Gasteiger charge is -2.10. The van der Waals surface area contributed by atoms with Crippen LogP contribution in [0.25, 0.3) is 10.2 Å². The number of halogens is 1. The Morgan fingerprint density at radius 1 is 1.42 bits per heavy atom. The quantitative estimate of drug-likeness (QED) is 0.394. The highest BCUT2D eigenvalue weighted by atomic mass is 35.5. The maximum atomic E-state index is 12.8. The summed E-state index contributed by atoms with van der Waals surface area (Å²) >= 11 is 8.68. The van der Waals surface area contributed by atoms with Crippen LogP contribution >= 0.6 is 34.7 Å². The summed E-state index contributed by atoms with van der Waals surface area (Å²) in [5, 5.41) is 4.16. The molecule has 1 amide bonds. The molecular formula is C17H17ClN4O2S2. The maximum Gasteiger partial charge on any atom is 0.263 e. The molecule has 0 spiro atoms. The van der Waals surface area contributed by atoms with Crippen LogP contribution in [0.1, 0.15) is 17.4 Å². The number of hydrogen-bond acceptors (Lipinski definition) is 6. The normalized spacial score (nSPS) is 11.1. The van der Waals surface area contributed by atoms with Crippen LogP contribution < -0.4 is 10.9 Å². The predicted octanol–water partition coefficient (Wildman–Crippen LogP) is 3.87. The molecular weight excluding hydrogens is 392 g/mol. The Balaban J connectivity index is 1.83. The maximum absolute atomic E-state index is 12.8. The van der Waals surface area contributed by atoms with E-state index in [9.17, 15) is 9.59 Å². The second kappa shape index (κ2) is 7.77. The lowest BCUT2D eigenvalue weighted by molar-refractivity contribution is -0.113. The first-order valence-electron chi connectivity index (χ1n) is 7.96. The standard InChI is InChI=1S/C17H17ClN4O2S2/c1-4-22-16(24)13-9(2)10(3)26-15(13)21-17(22)25-8-12(23)20-11-6-5-7-19-14(11)18/h5-7H,4,8H2,1-3H3,(H,20,23). The number of anilines is 1. The van der Waals surface area contributed by atoms with Gasteiger partial charge in [-0.2, -0.15) is 0 Å². The van der Waals surface area contributed by atoms with E-state index in [0.29, 0.717) is 27.6 Å². The molecule has 1 N–H and O–H groups in total. The minimum Gasteiger partial charge on any atom is -0.323 e. The minimum absolute atomic E-state index is 0.0578. The van der Waals surface area contributed by atoms with Gasteiger partial charge >= 0.3 is 0 Å². The van der Waals surface area contributed by atoms with Crippen molar-refractivity contribution in [3.8, 4) is 0 Å². The third-order valence-electron chi connectivity index (χ3n) is 3.94. The third-order valence-corrected chi connectivity index (χ3v) is 6.31. The zero-order valence-electron chi connectivity index (χ0n) is 14.5. The highest BCUT2D eigenvalue weighted by Crippen LogP contribution is 2.28. The molecule has 0 aromatic carbocycles. The third kappa shape index (κ3) is 3.62. The van der Waals surface area contributed by atoms with Gasteiger partial charge in [-0.05, 0) is 38.5 Å². The number of thiophene rings is 1. The monoisotopic (exact) mass is 408 g/mol. The van der Waals surface area contributed by atoms with E-state index in [4.69, 9.17) is 11.6 Å². The summed E-state index contributed by atoms with van der Waals surface area (Å²) in [6.45, 7) is 6.31. The van der Waals surface area contributed by atoms with E-state index >= 15 is 0 Å². The molecule has 3 rings (SSSR count). The molecule has 0 saturated carbocycles. The molecule has 9 heteroatoms. The van der Waals surface area contributed by atoms with Crippen molar-refractivity contribution in [2.75, 3.05) is 11.1 Å². The predicted molar refractivity (Wildman–Crippen MR) is 108 cm³/mol. The number of aryl methyl sites for hydroxylation is 2. The molecule has 0 bridgehead atoms. The molecule has 0 saturated heterocycles. The number of pyridine rings is 1. The SMILES string of the molecule is CCn1c(SCC(=O)Nc2cccnc2Cl)nc2sc(C)c(C)c2c1=O. The van der Waals surface area contributed by atoms with E-state index in [1.165, 1.54) is 23.1 Å². The Morgan fingerprint density at radius 3 is 2.88 bits per heavy atom. The smallest absolute Gasteiger partial charge is 0.263 e. The molecule has 0 atom stereocenters.